The van der Waals surface area contributed by atoms with E-state index in [0.29, 0.717) is 29.8 Å². The highest BCUT2D eigenvalue weighted by Gasteiger charge is 2.57. The molecule has 0 amide bonds. The number of phenolic OH excluding ortho intramolecular Hbond substituents is 1. The molecule has 3 aliphatic rings. The monoisotopic (exact) mass is 414 g/mol. The number of phenols is 1. The van der Waals surface area contributed by atoms with E-state index in [1.54, 1.807) is 7.11 Å². The first-order valence-electron chi connectivity index (χ1n) is 11.2. The predicted molar refractivity (Wildman–Crippen MR) is 120 cm³/mol. The van der Waals surface area contributed by atoms with E-state index in [2.05, 4.69) is 12.1 Å². The Labute approximate surface area is 181 Å². The third kappa shape index (κ3) is 2.39. The number of hydrogen-bond acceptors (Lipinski definition) is 4. The third-order valence-corrected chi connectivity index (χ3v) is 7.93. The summed E-state index contributed by atoms with van der Waals surface area (Å²) >= 11 is 0. The Morgan fingerprint density at radius 3 is 2.68 bits per heavy atom. The Hall–Kier alpha value is -3.01. The summed E-state index contributed by atoms with van der Waals surface area (Å²) in [7, 11) is 1.67. The summed E-state index contributed by atoms with van der Waals surface area (Å²) in [5.41, 5.74) is 5.29. The van der Waals surface area contributed by atoms with Gasteiger partial charge in [-0.2, -0.15) is 0 Å². The summed E-state index contributed by atoms with van der Waals surface area (Å²) in [4.78, 5) is 12.6. The van der Waals surface area contributed by atoms with Gasteiger partial charge in [0, 0.05) is 10.8 Å². The molecule has 3 aromatic rings. The van der Waals surface area contributed by atoms with Crippen molar-refractivity contribution in [3.63, 3.8) is 0 Å². The van der Waals surface area contributed by atoms with Crippen molar-refractivity contribution in [3.8, 4) is 22.6 Å². The smallest absolute Gasteiger partial charge is 0.338 e. The van der Waals surface area contributed by atoms with Crippen LogP contribution in [-0.4, -0.2) is 24.8 Å². The minimum atomic E-state index is -0.270. The summed E-state index contributed by atoms with van der Waals surface area (Å²) in [6.07, 6.45) is 4.78. The van der Waals surface area contributed by atoms with Crippen LogP contribution in [0.25, 0.3) is 21.9 Å². The second-order valence-corrected chi connectivity index (χ2v) is 9.26. The molecule has 0 radical (unpaired) electrons. The fourth-order valence-corrected chi connectivity index (χ4v) is 6.76. The molecule has 158 valence electrons. The van der Waals surface area contributed by atoms with Crippen LogP contribution in [0.4, 0.5) is 0 Å². The molecule has 3 unspecified atom stereocenters. The fraction of sp³-hybridized carbons (Fsp3) is 0.370. The summed E-state index contributed by atoms with van der Waals surface area (Å²) in [6.45, 7) is 2.20. The lowest BCUT2D eigenvalue weighted by molar-refractivity contribution is 0.0526. The van der Waals surface area contributed by atoms with E-state index in [1.807, 2.05) is 37.3 Å². The molecular weight excluding hydrogens is 388 g/mol. The van der Waals surface area contributed by atoms with E-state index < -0.39 is 0 Å². The summed E-state index contributed by atoms with van der Waals surface area (Å²) in [5.74, 6) is 2.07. The van der Waals surface area contributed by atoms with Gasteiger partial charge in [-0.15, -0.1) is 0 Å². The van der Waals surface area contributed by atoms with Crippen molar-refractivity contribution in [1.29, 1.82) is 0 Å². The lowest BCUT2D eigenvalue weighted by Gasteiger charge is -2.36. The van der Waals surface area contributed by atoms with Gasteiger partial charge in [0.15, 0.2) is 0 Å². The van der Waals surface area contributed by atoms with Crippen LogP contribution < -0.4 is 4.74 Å². The predicted octanol–water partition coefficient (Wildman–Crippen LogP) is 5.82. The van der Waals surface area contributed by atoms with Gasteiger partial charge in [-0.25, -0.2) is 4.79 Å². The highest BCUT2D eigenvalue weighted by atomic mass is 16.5. The van der Waals surface area contributed by atoms with Crippen molar-refractivity contribution in [3.05, 3.63) is 59.2 Å². The number of hydrogen-bond donors (Lipinski definition) is 1. The molecule has 2 saturated carbocycles. The number of rotatable bonds is 3. The molecule has 4 nitrogen and oxygen atoms in total. The Balaban J connectivity index is 1.68. The van der Waals surface area contributed by atoms with Crippen molar-refractivity contribution in [2.45, 2.75) is 38.0 Å². The molecule has 4 heteroatoms. The van der Waals surface area contributed by atoms with Gasteiger partial charge in [-0.05, 0) is 102 Å². The van der Waals surface area contributed by atoms with Gasteiger partial charge in [0.2, 0.25) is 0 Å². The van der Waals surface area contributed by atoms with Crippen LogP contribution in [0.3, 0.4) is 0 Å². The normalized spacial score (nSPS) is 25.1. The fourth-order valence-electron chi connectivity index (χ4n) is 6.76. The lowest BCUT2D eigenvalue weighted by Crippen LogP contribution is -2.32. The average Bonchev–Trinajstić information content (AvgIpc) is 3.47. The van der Waals surface area contributed by atoms with Gasteiger partial charge in [0.1, 0.15) is 11.5 Å². The Bertz CT molecular complexity index is 1240. The summed E-state index contributed by atoms with van der Waals surface area (Å²) in [6, 6.07) is 13.9. The van der Waals surface area contributed by atoms with E-state index >= 15 is 0 Å². The molecule has 0 heterocycles. The van der Waals surface area contributed by atoms with Crippen LogP contribution in [0.2, 0.25) is 0 Å². The molecule has 3 atom stereocenters. The van der Waals surface area contributed by atoms with Crippen molar-refractivity contribution in [2.75, 3.05) is 13.7 Å². The maximum atomic E-state index is 12.6. The van der Waals surface area contributed by atoms with Crippen molar-refractivity contribution >= 4 is 16.7 Å². The van der Waals surface area contributed by atoms with E-state index in [4.69, 9.17) is 9.47 Å². The van der Waals surface area contributed by atoms with E-state index in [9.17, 15) is 9.90 Å². The summed E-state index contributed by atoms with van der Waals surface area (Å²) < 4.78 is 10.8. The van der Waals surface area contributed by atoms with E-state index in [1.165, 1.54) is 41.5 Å². The number of aromatic hydroxyl groups is 1. The first-order chi connectivity index (χ1) is 15.1. The standard InChI is InChI=1S/C27H26O4/c1-3-31-26(29)16-5-8-20-22(11-16)27(14-15-4-6-17(27)10-15)23-13-24(28)19-9-7-18(30-2)12-21(19)25(20)23/h5,7-9,11-13,15,17,28H,3-4,6,10,14H2,1-2H3. The van der Waals surface area contributed by atoms with Crippen LogP contribution in [-0.2, 0) is 10.2 Å². The molecule has 1 spiro atoms. The van der Waals surface area contributed by atoms with Gasteiger partial charge in [-0.1, -0.05) is 12.5 Å². The Morgan fingerprint density at radius 1 is 1.10 bits per heavy atom. The number of esters is 1. The quantitative estimate of drug-likeness (QED) is 0.549. The number of benzene rings is 3. The van der Waals surface area contributed by atoms with Crippen LogP contribution in [0.15, 0.2) is 42.5 Å². The largest absolute Gasteiger partial charge is 0.507 e. The first kappa shape index (κ1) is 18.7. The minimum absolute atomic E-state index is 0.134. The maximum absolute atomic E-state index is 12.6. The molecule has 3 aromatic carbocycles. The zero-order chi connectivity index (χ0) is 21.3. The molecule has 0 aliphatic heterocycles. The van der Waals surface area contributed by atoms with Crippen LogP contribution in [0.1, 0.15) is 54.1 Å². The number of carbonyl (C=O) groups is 1. The second kappa shape index (κ2) is 6.49. The van der Waals surface area contributed by atoms with Crippen molar-refractivity contribution in [2.24, 2.45) is 11.8 Å². The molecule has 3 aliphatic carbocycles. The van der Waals surface area contributed by atoms with Crippen LogP contribution in [0.5, 0.6) is 11.5 Å². The zero-order valence-electron chi connectivity index (χ0n) is 17.9. The molecule has 2 fully saturated rings. The SMILES string of the molecule is CCOC(=O)c1ccc2c(c1)C1(CC3CCC1C3)c1cc(O)c3ccc(OC)cc3c1-2. The minimum Gasteiger partial charge on any atom is -0.507 e. The number of methoxy groups -OCH3 is 1. The number of carbonyl (C=O) groups excluding carboxylic acids is 1. The molecule has 31 heavy (non-hydrogen) atoms. The molecule has 2 bridgehead atoms. The first-order valence-corrected chi connectivity index (χ1v) is 11.2. The lowest BCUT2D eigenvalue weighted by atomic mass is 9.66. The van der Waals surface area contributed by atoms with Crippen molar-refractivity contribution in [1.82, 2.24) is 0 Å². The third-order valence-electron chi connectivity index (χ3n) is 7.93. The molecule has 0 saturated heterocycles. The summed E-state index contributed by atoms with van der Waals surface area (Å²) in [5, 5.41) is 12.8. The van der Waals surface area contributed by atoms with E-state index in [0.717, 1.165) is 22.9 Å². The van der Waals surface area contributed by atoms with Gasteiger partial charge >= 0.3 is 5.97 Å². The Morgan fingerprint density at radius 2 is 1.97 bits per heavy atom. The highest BCUT2D eigenvalue weighted by molar-refractivity contribution is 6.06. The topological polar surface area (TPSA) is 55.8 Å². The second-order valence-electron chi connectivity index (χ2n) is 9.26. The molecule has 6 rings (SSSR count). The molecule has 0 aromatic heterocycles. The van der Waals surface area contributed by atoms with Gasteiger partial charge in [0.25, 0.3) is 0 Å². The highest BCUT2D eigenvalue weighted by Crippen LogP contribution is 2.67. The van der Waals surface area contributed by atoms with Crippen LogP contribution >= 0.6 is 0 Å². The average molecular weight is 415 g/mol. The number of fused-ring (bicyclic) bond motifs is 10. The van der Waals surface area contributed by atoms with E-state index in [-0.39, 0.29) is 11.4 Å². The van der Waals surface area contributed by atoms with Gasteiger partial charge in [0.05, 0.1) is 19.3 Å². The molecule has 1 N–H and O–H groups in total. The van der Waals surface area contributed by atoms with Gasteiger partial charge in [-0.3, -0.25) is 0 Å². The van der Waals surface area contributed by atoms with Gasteiger partial charge < -0.3 is 14.6 Å². The number of ether oxygens (including phenoxy) is 2. The maximum Gasteiger partial charge on any atom is 0.338 e. The van der Waals surface area contributed by atoms with Crippen LogP contribution in [0, 0.1) is 11.8 Å². The zero-order valence-corrected chi connectivity index (χ0v) is 17.9. The van der Waals surface area contributed by atoms with Crippen molar-refractivity contribution < 1.29 is 19.4 Å². The molecular formula is C27H26O4. The Kier molecular flexibility index (Phi) is 3.92.